The Morgan fingerprint density at radius 1 is 1.00 bits per heavy atom. The summed E-state index contributed by atoms with van der Waals surface area (Å²) < 4.78 is 6.02. The van der Waals surface area contributed by atoms with Crippen LogP contribution in [-0.4, -0.2) is 24.6 Å². The monoisotopic (exact) mass is 428 g/mol. The molecule has 0 aromatic heterocycles. The Morgan fingerprint density at radius 2 is 1.68 bits per heavy atom. The Hall–Kier alpha value is -1.45. The average Bonchev–Trinajstić information content (AvgIpc) is 2.67. The van der Waals surface area contributed by atoms with Crippen LogP contribution in [0.1, 0.15) is 86.5 Å². The van der Waals surface area contributed by atoms with Crippen LogP contribution in [0.5, 0.6) is 0 Å². The van der Waals surface area contributed by atoms with Gasteiger partial charge in [-0.3, -0.25) is 9.59 Å². The number of rotatable bonds is 3. The minimum absolute atomic E-state index is 0.0657. The maximum Gasteiger partial charge on any atom is 0.302 e. The van der Waals surface area contributed by atoms with Crippen molar-refractivity contribution in [3.8, 4) is 0 Å². The molecule has 172 valence electrons. The van der Waals surface area contributed by atoms with Gasteiger partial charge in [0.2, 0.25) is 0 Å². The van der Waals surface area contributed by atoms with E-state index in [1.807, 2.05) is 6.08 Å². The molecule has 0 saturated heterocycles. The molecule has 3 unspecified atom stereocenters. The molecule has 0 bridgehead atoms. The molecule has 4 aliphatic carbocycles. The second kappa shape index (κ2) is 7.28. The molecule has 0 radical (unpaired) electrons. The van der Waals surface area contributed by atoms with Gasteiger partial charge in [-0.2, -0.15) is 0 Å². The number of hydrogen-bond donors (Lipinski definition) is 0. The molecule has 0 spiro atoms. The van der Waals surface area contributed by atoms with Crippen molar-refractivity contribution in [2.75, 3.05) is 0 Å². The summed E-state index contributed by atoms with van der Waals surface area (Å²) >= 11 is 0. The zero-order valence-corrected chi connectivity index (χ0v) is 20.2. The van der Waals surface area contributed by atoms with Crippen LogP contribution in [0.3, 0.4) is 0 Å². The molecule has 4 aliphatic rings. The number of allylic oxidation sites excluding steroid dienone is 2. The Bertz CT molecular complexity index is 812. The van der Waals surface area contributed by atoms with E-state index in [-0.39, 0.29) is 28.8 Å². The van der Waals surface area contributed by atoms with Gasteiger partial charge in [0, 0.05) is 12.3 Å². The summed E-state index contributed by atoms with van der Waals surface area (Å²) in [4.78, 5) is 36.3. The van der Waals surface area contributed by atoms with Crippen molar-refractivity contribution in [1.29, 1.82) is 0 Å². The van der Waals surface area contributed by atoms with Crippen LogP contribution in [0.25, 0.3) is 0 Å². The fourth-order valence-corrected chi connectivity index (χ4v) is 9.45. The summed E-state index contributed by atoms with van der Waals surface area (Å²) in [5.41, 5.74) is 0.619. The number of ether oxygens (including phenoxy) is 1. The van der Waals surface area contributed by atoms with Crippen LogP contribution < -0.4 is 0 Å². The van der Waals surface area contributed by atoms with Crippen molar-refractivity contribution in [2.24, 2.45) is 45.3 Å². The quantitative estimate of drug-likeness (QED) is 0.437. The third kappa shape index (κ3) is 3.03. The SMILES string of the molecule is CC(=O)O[C@@H]1CC2[C@@]3(C)CCCC(C)(C)C3CC[C@@]2(C)C2CC=C(C=O)[C@@H](C=O)[C@]21C. The molecule has 0 aliphatic heterocycles. The van der Waals surface area contributed by atoms with Crippen LogP contribution in [0, 0.1) is 45.3 Å². The largest absolute Gasteiger partial charge is 0.462 e. The van der Waals surface area contributed by atoms with E-state index in [9.17, 15) is 14.4 Å². The molecule has 4 rings (SSSR count). The number of carbonyl (C=O) groups is 3. The number of fused-ring (bicyclic) bond motifs is 5. The van der Waals surface area contributed by atoms with Gasteiger partial charge in [0.15, 0.2) is 0 Å². The molecule has 31 heavy (non-hydrogen) atoms. The molecule has 0 N–H and O–H groups in total. The highest BCUT2D eigenvalue weighted by Gasteiger charge is 2.68. The number of hydrogen-bond acceptors (Lipinski definition) is 4. The van der Waals surface area contributed by atoms with E-state index >= 15 is 0 Å². The van der Waals surface area contributed by atoms with E-state index in [1.165, 1.54) is 32.6 Å². The molecule has 0 aromatic carbocycles. The Labute approximate surface area is 187 Å². The van der Waals surface area contributed by atoms with Crippen molar-refractivity contribution >= 4 is 18.5 Å². The normalized spacial score (nSPS) is 48.3. The smallest absolute Gasteiger partial charge is 0.302 e. The summed E-state index contributed by atoms with van der Waals surface area (Å²) in [6, 6.07) is 0. The summed E-state index contributed by atoms with van der Waals surface area (Å²) in [5, 5.41) is 0. The zero-order chi connectivity index (χ0) is 22.8. The second-order valence-electron chi connectivity index (χ2n) is 12.4. The lowest BCUT2D eigenvalue weighted by atomic mass is 9.35. The minimum atomic E-state index is -0.545. The Kier molecular flexibility index (Phi) is 5.34. The van der Waals surface area contributed by atoms with Gasteiger partial charge in [-0.05, 0) is 78.1 Å². The lowest BCUT2D eigenvalue weighted by Gasteiger charge is -2.70. The van der Waals surface area contributed by atoms with Gasteiger partial charge >= 0.3 is 5.97 Å². The number of aldehydes is 2. The van der Waals surface area contributed by atoms with Gasteiger partial charge < -0.3 is 9.53 Å². The highest BCUT2D eigenvalue weighted by molar-refractivity contribution is 5.82. The molecule has 4 heteroatoms. The molecule has 4 nitrogen and oxygen atoms in total. The van der Waals surface area contributed by atoms with Crippen LogP contribution in [-0.2, 0) is 19.1 Å². The fraction of sp³-hybridized carbons (Fsp3) is 0.815. The first-order valence-corrected chi connectivity index (χ1v) is 12.2. The molecule has 0 aromatic rings. The van der Waals surface area contributed by atoms with Crippen LogP contribution >= 0.6 is 0 Å². The van der Waals surface area contributed by atoms with Gasteiger partial charge in [0.25, 0.3) is 0 Å². The first-order chi connectivity index (χ1) is 14.4. The predicted molar refractivity (Wildman–Crippen MR) is 120 cm³/mol. The second-order valence-corrected chi connectivity index (χ2v) is 12.4. The molecular formula is C27H40O4. The molecule has 0 amide bonds. The standard InChI is InChI=1S/C27H40O4/c1-17(30)31-23-14-22-25(4)12-7-11-24(2,3)20(25)10-13-26(22,5)21-9-8-18(15-28)19(16-29)27(21,23)6/h8,15-16,19-23H,7,9-14H2,1-6H3/t19-,20?,21?,22?,23-,25+,26+,27-/m1/s1. The van der Waals surface area contributed by atoms with Crippen molar-refractivity contribution < 1.29 is 19.1 Å². The van der Waals surface area contributed by atoms with Crippen LogP contribution in [0.15, 0.2) is 11.6 Å². The Balaban J connectivity index is 1.85. The van der Waals surface area contributed by atoms with Gasteiger partial charge in [-0.25, -0.2) is 0 Å². The summed E-state index contributed by atoms with van der Waals surface area (Å²) in [6.07, 6.45) is 11.1. The third-order valence-electron chi connectivity index (χ3n) is 10.7. The van der Waals surface area contributed by atoms with E-state index < -0.39 is 11.3 Å². The van der Waals surface area contributed by atoms with E-state index in [0.29, 0.717) is 22.8 Å². The van der Waals surface area contributed by atoms with Crippen molar-refractivity contribution in [2.45, 2.75) is 92.6 Å². The van der Waals surface area contributed by atoms with Crippen molar-refractivity contribution in [3.63, 3.8) is 0 Å². The highest BCUT2D eigenvalue weighted by Crippen LogP contribution is 2.73. The summed E-state index contributed by atoms with van der Waals surface area (Å²) in [5.74, 6) is 0.519. The van der Waals surface area contributed by atoms with Crippen molar-refractivity contribution in [3.05, 3.63) is 11.6 Å². The van der Waals surface area contributed by atoms with E-state index in [2.05, 4.69) is 34.6 Å². The van der Waals surface area contributed by atoms with E-state index in [0.717, 1.165) is 31.8 Å². The first kappa shape index (κ1) is 22.7. The van der Waals surface area contributed by atoms with Crippen LogP contribution in [0.2, 0.25) is 0 Å². The lowest BCUT2D eigenvalue weighted by Crippen LogP contribution is -2.67. The zero-order valence-electron chi connectivity index (χ0n) is 20.2. The lowest BCUT2D eigenvalue weighted by molar-refractivity contribution is -0.238. The molecule has 3 fully saturated rings. The minimum Gasteiger partial charge on any atom is -0.462 e. The molecule has 8 atom stereocenters. The van der Waals surface area contributed by atoms with E-state index in [4.69, 9.17) is 4.74 Å². The fourth-order valence-electron chi connectivity index (χ4n) is 9.45. The highest BCUT2D eigenvalue weighted by atomic mass is 16.5. The van der Waals surface area contributed by atoms with Crippen molar-refractivity contribution in [1.82, 2.24) is 0 Å². The average molecular weight is 429 g/mol. The Morgan fingerprint density at radius 3 is 2.29 bits per heavy atom. The van der Waals surface area contributed by atoms with E-state index in [1.54, 1.807) is 0 Å². The topological polar surface area (TPSA) is 60.4 Å². The first-order valence-electron chi connectivity index (χ1n) is 12.2. The third-order valence-corrected chi connectivity index (χ3v) is 10.7. The number of carbonyl (C=O) groups excluding carboxylic acids is 3. The number of esters is 1. The van der Waals surface area contributed by atoms with Gasteiger partial charge in [-0.15, -0.1) is 0 Å². The maximum absolute atomic E-state index is 12.3. The van der Waals surface area contributed by atoms with Gasteiger partial charge in [-0.1, -0.05) is 47.1 Å². The predicted octanol–water partition coefficient (Wildman–Crippen LogP) is 5.54. The van der Waals surface area contributed by atoms with Gasteiger partial charge in [0.05, 0.1) is 5.92 Å². The van der Waals surface area contributed by atoms with Gasteiger partial charge in [0.1, 0.15) is 18.7 Å². The molecular weight excluding hydrogens is 388 g/mol. The molecule has 0 heterocycles. The molecule has 3 saturated carbocycles. The van der Waals surface area contributed by atoms with Crippen LogP contribution in [0.4, 0.5) is 0 Å². The summed E-state index contributed by atoms with van der Waals surface area (Å²) in [7, 11) is 0. The summed E-state index contributed by atoms with van der Waals surface area (Å²) in [6.45, 7) is 13.4. The maximum atomic E-state index is 12.3.